The molecule has 0 saturated carbocycles. The first-order valence-electron chi connectivity index (χ1n) is 7.45. The summed E-state index contributed by atoms with van der Waals surface area (Å²) in [6.07, 6.45) is 7.31. The van der Waals surface area contributed by atoms with E-state index in [0.29, 0.717) is 12.8 Å². The third-order valence-electron chi connectivity index (χ3n) is 3.66. The lowest BCUT2D eigenvalue weighted by Gasteiger charge is -2.15. The predicted molar refractivity (Wildman–Crippen MR) is 93.6 cm³/mol. The van der Waals surface area contributed by atoms with E-state index in [4.69, 9.17) is 0 Å². The molecule has 0 spiro atoms. The van der Waals surface area contributed by atoms with Crippen LogP contribution in [0.15, 0.2) is 26.2 Å². The van der Waals surface area contributed by atoms with Crippen molar-refractivity contribution in [3.63, 3.8) is 0 Å². The Bertz CT molecular complexity index is 532. The minimum Gasteiger partial charge on any atom is -0.273 e. The number of hydrazone groups is 1. The lowest BCUT2D eigenvalue weighted by Crippen LogP contribution is -2.25. The van der Waals surface area contributed by atoms with Crippen LogP contribution in [-0.4, -0.2) is 11.6 Å². The Morgan fingerprint density at radius 3 is 2.43 bits per heavy atom. The molecule has 21 heavy (non-hydrogen) atoms. The summed E-state index contributed by atoms with van der Waals surface area (Å²) in [6.45, 7) is 2.23. The van der Waals surface area contributed by atoms with E-state index in [9.17, 15) is 4.79 Å². The van der Waals surface area contributed by atoms with Gasteiger partial charge in [0.2, 0.25) is 5.91 Å². The number of carbonyl (C=O) groups is 1. The molecule has 0 bridgehead atoms. The van der Waals surface area contributed by atoms with E-state index in [1.807, 2.05) is 0 Å². The second-order valence-corrected chi connectivity index (χ2v) is 7.03. The van der Waals surface area contributed by atoms with Crippen molar-refractivity contribution in [1.82, 2.24) is 5.43 Å². The average Bonchev–Trinajstić information content (AvgIpc) is 2.46. The number of unbranched alkanes of at least 4 members (excludes halogenated alkanes) is 3. The summed E-state index contributed by atoms with van der Waals surface area (Å²) in [5.74, 6) is -0.00979. The fraction of sp³-hybridized carbons (Fsp3) is 0.500. The van der Waals surface area contributed by atoms with Crippen LogP contribution in [0.5, 0.6) is 0 Å². The molecular weight excluding hydrogens is 396 g/mol. The number of nitrogens with one attached hydrogen (secondary N) is 1. The van der Waals surface area contributed by atoms with Crippen LogP contribution < -0.4 is 5.43 Å². The van der Waals surface area contributed by atoms with E-state index in [1.165, 1.54) is 31.2 Å². The van der Waals surface area contributed by atoms with Gasteiger partial charge in [-0.2, -0.15) is 5.10 Å². The van der Waals surface area contributed by atoms with Crippen molar-refractivity contribution in [2.24, 2.45) is 5.10 Å². The number of carbonyl (C=O) groups excluding carboxylic acids is 1. The van der Waals surface area contributed by atoms with Gasteiger partial charge in [0.05, 0.1) is 5.71 Å². The van der Waals surface area contributed by atoms with Gasteiger partial charge in [-0.15, -0.1) is 0 Å². The first-order chi connectivity index (χ1) is 10.1. The third-order valence-corrected chi connectivity index (χ3v) is 5.07. The first kappa shape index (κ1) is 16.7. The SMILES string of the molecule is CCCCCCc1c(Br)cc(C2=NNC(=O)CC2)cc1Br. The average molecular weight is 416 g/mol. The standard InChI is InChI=1S/C16H20Br2N2O/c1-2-3-4-5-6-12-13(17)9-11(10-14(12)18)15-7-8-16(21)20-19-15/h9-10H,2-8H2,1H3,(H,20,21). The van der Waals surface area contributed by atoms with Crippen LogP contribution in [0.2, 0.25) is 0 Å². The summed E-state index contributed by atoms with van der Waals surface area (Å²) in [5, 5.41) is 4.15. The van der Waals surface area contributed by atoms with E-state index < -0.39 is 0 Å². The Balaban J connectivity index is 2.11. The molecule has 0 unspecified atom stereocenters. The monoisotopic (exact) mass is 414 g/mol. The number of benzene rings is 1. The van der Waals surface area contributed by atoms with Crippen molar-refractivity contribution in [3.8, 4) is 0 Å². The molecule has 1 amide bonds. The van der Waals surface area contributed by atoms with Gasteiger partial charge in [-0.3, -0.25) is 4.79 Å². The maximum atomic E-state index is 11.2. The quantitative estimate of drug-likeness (QED) is 0.656. The van der Waals surface area contributed by atoms with Gasteiger partial charge in [0.25, 0.3) is 0 Å². The minimum atomic E-state index is -0.00979. The molecule has 5 heteroatoms. The maximum Gasteiger partial charge on any atom is 0.240 e. The van der Waals surface area contributed by atoms with Crippen LogP contribution in [0.1, 0.15) is 56.6 Å². The lowest BCUT2D eigenvalue weighted by atomic mass is 10.0. The second-order valence-electron chi connectivity index (χ2n) is 5.32. The largest absolute Gasteiger partial charge is 0.273 e. The van der Waals surface area contributed by atoms with Gasteiger partial charge in [-0.25, -0.2) is 5.43 Å². The van der Waals surface area contributed by atoms with Crippen molar-refractivity contribution >= 4 is 43.5 Å². The third kappa shape index (κ3) is 4.65. The number of hydrogen-bond acceptors (Lipinski definition) is 2. The fourth-order valence-corrected chi connectivity index (χ4v) is 4.00. The van der Waals surface area contributed by atoms with E-state index in [-0.39, 0.29) is 5.91 Å². The smallest absolute Gasteiger partial charge is 0.240 e. The van der Waals surface area contributed by atoms with Gasteiger partial charge < -0.3 is 0 Å². The molecule has 0 atom stereocenters. The van der Waals surface area contributed by atoms with Crippen molar-refractivity contribution in [2.45, 2.75) is 51.9 Å². The van der Waals surface area contributed by atoms with Crippen molar-refractivity contribution in [3.05, 3.63) is 32.2 Å². The van der Waals surface area contributed by atoms with E-state index in [1.54, 1.807) is 0 Å². The Hall–Kier alpha value is -0.680. The molecular formula is C16H20Br2N2O. The molecule has 1 aliphatic rings. The predicted octanol–water partition coefficient (Wildman–Crippen LogP) is 4.95. The van der Waals surface area contributed by atoms with Gasteiger partial charge in [-0.1, -0.05) is 58.0 Å². The van der Waals surface area contributed by atoms with Gasteiger partial charge in [-0.05, 0) is 36.1 Å². The van der Waals surface area contributed by atoms with Gasteiger partial charge in [0.1, 0.15) is 0 Å². The Kier molecular flexibility index (Phi) is 6.42. The number of nitrogens with zero attached hydrogens (tertiary/aromatic N) is 1. The normalized spacial score (nSPS) is 14.8. The van der Waals surface area contributed by atoms with Gasteiger partial charge in [0.15, 0.2) is 0 Å². The van der Waals surface area contributed by atoms with E-state index in [2.05, 4.69) is 61.4 Å². The van der Waals surface area contributed by atoms with Gasteiger partial charge >= 0.3 is 0 Å². The molecule has 0 fully saturated rings. The summed E-state index contributed by atoms with van der Waals surface area (Å²) in [6, 6.07) is 4.21. The van der Waals surface area contributed by atoms with E-state index in [0.717, 1.165) is 26.6 Å². The zero-order valence-corrected chi connectivity index (χ0v) is 15.4. The summed E-state index contributed by atoms with van der Waals surface area (Å²) in [4.78, 5) is 11.2. The van der Waals surface area contributed by atoms with Crippen LogP contribution in [0, 0.1) is 0 Å². The maximum absolute atomic E-state index is 11.2. The van der Waals surface area contributed by atoms with Gasteiger partial charge in [0, 0.05) is 21.8 Å². The summed E-state index contributed by atoms with van der Waals surface area (Å²) in [7, 11) is 0. The second kappa shape index (κ2) is 8.08. The summed E-state index contributed by atoms with van der Waals surface area (Å²) in [5.41, 5.74) is 5.87. The molecule has 3 nitrogen and oxygen atoms in total. The van der Waals surface area contributed by atoms with Crippen LogP contribution in [-0.2, 0) is 11.2 Å². The Morgan fingerprint density at radius 2 is 1.86 bits per heavy atom. The Labute approximate surface area is 142 Å². The minimum absolute atomic E-state index is 0.00979. The highest BCUT2D eigenvalue weighted by Gasteiger charge is 2.16. The molecule has 0 aliphatic carbocycles. The highest BCUT2D eigenvalue weighted by molar-refractivity contribution is 9.11. The molecule has 1 heterocycles. The molecule has 1 aromatic rings. The molecule has 1 N–H and O–H groups in total. The van der Waals surface area contributed by atoms with Crippen molar-refractivity contribution < 1.29 is 4.79 Å². The van der Waals surface area contributed by atoms with Crippen LogP contribution in [0.4, 0.5) is 0 Å². The van der Waals surface area contributed by atoms with Crippen molar-refractivity contribution in [2.75, 3.05) is 0 Å². The number of hydrogen-bond donors (Lipinski definition) is 1. The number of rotatable bonds is 6. The highest BCUT2D eigenvalue weighted by Crippen LogP contribution is 2.30. The molecule has 0 aromatic heterocycles. The van der Waals surface area contributed by atoms with E-state index >= 15 is 0 Å². The first-order valence-corrected chi connectivity index (χ1v) is 9.04. The summed E-state index contributed by atoms with van der Waals surface area (Å²) >= 11 is 7.35. The molecule has 0 radical (unpaired) electrons. The molecule has 2 rings (SSSR count). The van der Waals surface area contributed by atoms with Crippen LogP contribution >= 0.6 is 31.9 Å². The Morgan fingerprint density at radius 1 is 1.14 bits per heavy atom. The lowest BCUT2D eigenvalue weighted by molar-refractivity contribution is -0.121. The molecule has 1 aliphatic heterocycles. The summed E-state index contributed by atoms with van der Waals surface area (Å²) < 4.78 is 2.23. The van der Waals surface area contributed by atoms with Crippen LogP contribution in [0.25, 0.3) is 0 Å². The number of amides is 1. The molecule has 1 aromatic carbocycles. The highest BCUT2D eigenvalue weighted by atomic mass is 79.9. The molecule has 114 valence electrons. The fourth-order valence-electron chi connectivity index (χ4n) is 2.42. The zero-order valence-electron chi connectivity index (χ0n) is 12.2. The topological polar surface area (TPSA) is 41.5 Å². The van der Waals surface area contributed by atoms with Crippen molar-refractivity contribution in [1.29, 1.82) is 0 Å². The zero-order chi connectivity index (χ0) is 15.2. The van der Waals surface area contributed by atoms with Crippen LogP contribution in [0.3, 0.4) is 0 Å². The number of halogens is 2. The molecule has 0 saturated heterocycles.